The van der Waals surface area contributed by atoms with Crippen LogP contribution >= 0.6 is 0 Å². The van der Waals surface area contributed by atoms with Crippen molar-refractivity contribution in [3.05, 3.63) is 69.3 Å². The summed E-state index contributed by atoms with van der Waals surface area (Å²) in [6.45, 7) is 1.22. The van der Waals surface area contributed by atoms with Gasteiger partial charge in [-0.05, 0) is 13.0 Å². The predicted molar refractivity (Wildman–Crippen MR) is 79.1 cm³/mol. The standard InChI is InChI=1S/C16H12F3NO4/c1-10-2-4-11(5-3-10)14(21)9-24-15-7-6-12(20(22)23)8-13(15)16(17,18)19/h2-8H,9H2,1H3. The van der Waals surface area contributed by atoms with Gasteiger partial charge < -0.3 is 4.74 Å². The minimum atomic E-state index is -4.84. The molecule has 8 heteroatoms. The molecule has 0 saturated carbocycles. The highest BCUT2D eigenvalue weighted by Gasteiger charge is 2.36. The van der Waals surface area contributed by atoms with Crippen molar-refractivity contribution in [2.75, 3.05) is 6.61 Å². The number of rotatable bonds is 5. The van der Waals surface area contributed by atoms with Crippen LogP contribution in [0.1, 0.15) is 21.5 Å². The van der Waals surface area contributed by atoms with Gasteiger partial charge in [0.15, 0.2) is 12.4 Å². The van der Waals surface area contributed by atoms with E-state index in [9.17, 15) is 28.1 Å². The summed E-state index contributed by atoms with van der Waals surface area (Å²) in [6.07, 6.45) is -4.84. The predicted octanol–water partition coefficient (Wildman–Crippen LogP) is 4.18. The minimum absolute atomic E-state index is 0.302. The third-order valence-corrected chi connectivity index (χ3v) is 3.21. The van der Waals surface area contributed by atoms with E-state index >= 15 is 0 Å². The third-order valence-electron chi connectivity index (χ3n) is 3.21. The quantitative estimate of drug-likeness (QED) is 0.465. The highest BCUT2D eigenvalue weighted by Crippen LogP contribution is 2.38. The van der Waals surface area contributed by atoms with Crippen molar-refractivity contribution in [1.82, 2.24) is 0 Å². The Morgan fingerprint density at radius 3 is 2.33 bits per heavy atom. The van der Waals surface area contributed by atoms with Crippen LogP contribution in [0.25, 0.3) is 0 Å². The Morgan fingerprint density at radius 2 is 1.79 bits per heavy atom. The van der Waals surface area contributed by atoms with Gasteiger partial charge in [-0.15, -0.1) is 0 Å². The zero-order chi connectivity index (χ0) is 17.9. The molecule has 0 radical (unpaired) electrons. The number of non-ortho nitro benzene ring substituents is 1. The third kappa shape index (κ3) is 4.09. The number of carbonyl (C=O) groups is 1. The first-order chi connectivity index (χ1) is 11.2. The maximum absolute atomic E-state index is 13.0. The lowest BCUT2D eigenvalue weighted by Crippen LogP contribution is -2.15. The summed E-state index contributed by atoms with van der Waals surface area (Å²) in [7, 11) is 0. The molecule has 2 aromatic carbocycles. The van der Waals surface area contributed by atoms with E-state index in [0.29, 0.717) is 11.6 Å². The fourth-order valence-electron chi connectivity index (χ4n) is 1.95. The second kappa shape index (κ2) is 6.69. The molecule has 0 unspecified atom stereocenters. The molecular formula is C16H12F3NO4. The van der Waals surface area contributed by atoms with Crippen molar-refractivity contribution in [3.8, 4) is 5.75 Å². The number of hydrogen-bond acceptors (Lipinski definition) is 4. The summed E-state index contributed by atoms with van der Waals surface area (Å²) in [5, 5.41) is 10.6. The Morgan fingerprint density at radius 1 is 1.17 bits per heavy atom. The van der Waals surface area contributed by atoms with Crippen molar-refractivity contribution < 1.29 is 27.6 Å². The van der Waals surface area contributed by atoms with Crippen LogP contribution in [-0.4, -0.2) is 17.3 Å². The van der Waals surface area contributed by atoms with Crippen LogP contribution in [0.2, 0.25) is 0 Å². The Kier molecular flexibility index (Phi) is 4.87. The van der Waals surface area contributed by atoms with Gasteiger partial charge in [-0.3, -0.25) is 14.9 Å². The average molecular weight is 339 g/mol. The summed E-state index contributed by atoms with van der Waals surface area (Å²) in [5.74, 6) is -1.13. The van der Waals surface area contributed by atoms with Gasteiger partial charge in [0.25, 0.3) is 5.69 Å². The highest BCUT2D eigenvalue weighted by atomic mass is 19.4. The second-order valence-corrected chi connectivity index (χ2v) is 5.01. The molecule has 2 aromatic rings. The summed E-state index contributed by atoms with van der Waals surface area (Å²) in [5.41, 5.74) is -0.772. The van der Waals surface area contributed by atoms with E-state index in [1.807, 2.05) is 6.92 Å². The SMILES string of the molecule is Cc1ccc(C(=O)COc2ccc([N+](=O)[O-])cc2C(F)(F)F)cc1. The van der Waals surface area contributed by atoms with Gasteiger partial charge >= 0.3 is 6.18 Å². The monoisotopic (exact) mass is 339 g/mol. The van der Waals surface area contributed by atoms with Gasteiger partial charge in [0.05, 0.1) is 4.92 Å². The number of nitrogens with zero attached hydrogens (tertiary/aromatic N) is 1. The molecule has 0 aliphatic rings. The Bertz CT molecular complexity index is 770. The van der Waals surface area contributed by atoms with E-state index in [1.165, 1.54) is 0 Å². The molecule has 24 heavy (non-hydrogen) atoms. The summed E-state index contributed by atoms with van der Waals surface area (Å²) >= 11 is 0. The van der Waals surface area contributed by atoms with Crippen LogP contribution in [-0.2, 0) is 6.18 Å². The van der Waals surface area contributed by atoms with Gasteiger partial charge in [0, 0.05) is 17.7 Å². The van der Waals surface area contributed by atoms with Crippen molar-refractivity contribution >= 4 is 11.5 Å². The normalized spacial score (nSPS) is 11.2. The molecule has 0 amide bonds. The number of aryl methyl sites for hydroxylation is 1. The summed E-state index contributed by atoms with van der Waals surface area (Å²) in [6, 6.07) is 8.58. The first kappa shape index (κ1) is 17.5. The van der Waals surface area contributed by atoms with Gasteiger partial charge in [-0.25, -0.2) is 0 Å². The van der Waals surface area contributed by atoms with Crippen molar-refractivity contribution in [1.29, 1.82) is 0 Å². The lowest BCUT2D eigenvalue weighted by atomic mass is 10.1. The molecule has 0 atom stereocenters. The number of ether oxygens (including phenoxy) is 1. The van der Waals surface area contributed by atoms with E-state index in [-0.39, 0.29) is 0 Å². The lowest BCUT2D eigenvalue weighted by molar-refractivity contribution is -0.385. The zero-order valence-corrected chi connectivity index (χ0v) is 12.5. The van der Waals surface area contributed by atoms with Crippen molar-refractivity contribution in [3.63, 3.8) is 0 Å². The average Bonchev–Trinajstić information content (AvgIpc) is 2.52. The largest absolute Gasteiger partial charge is 0.485 e. The van der Waals surface area contributed by atoms with Crippen molar-refractivity contribution in [2.45, 2.75) is 13.1 Å². The lowest BCUT2D eigenvalue weighted by Gasteiger charge is -2.13. The molecule has 0 bridgehead atoms. The maximum atomic E-state index is 13.0. The summed E-state index contributed by atoms with van der Waals surface area (Å²) in [4.78, 5) is 21.6. The number of hydrogen-bond donors (Lipinski definition) is 0. The zero-order valence-electron chi connectivity index (χ0n) is 12.5. The first-order valence-corrected chi connectivity index (χ1v) is 6.77. The fourth-order valence-corrected chi connectivity index (χ4v) is 1.95. The Labute approximate surface area is 134 Å². The number of alkyl halides is 3. The van der Waals surface area contributed by atoms with Gasteiger partial charge in [0.2, 0.25) is 0 Å². The van der Waals surface area contributed by atoms with E-state index in [4.69, 9.17) is 4.74 Å². The molecule has 126 valence electrons. The minimum Gasteiger partial charge on any atom is -0.485 e. The van der Waals surface area contributed by atoms with Gasteiger partial charge in [0.1, 0.15) is 11.3 Å². The fraction of sp³-hybridized carbons (Fsp3) is 0.188. The number of ketones is 1. The smallest absolute Gasteiger partial charge is 0.420 e. The van der Waals surface area contributed by atoms with Crippen LogP contribution in [0.4, 0.5) is 18.9 Å². The van der Waals surface area contributed by atoms with Crippen LogP contribution < -0.4 is 4.74 Å². The molecule has 0 heterocycles. The molecular weight excluding hydrogens is 327 g/mol. The molecule has 0 aromatic heterocycles. The van der Waals surface area contributed by atoms with E-state index in [2.05, 4.69) is 0 Å². The number of benzene rings is 2. The van der Waals surface area contributed by atoms with Crippen LogP contribution in [0.5, 0.6) is 5.75 Å². The van der Waals surface area contributed by atoms with E-state index in [0.717, 1.165) is 17.7 Å². The van der Waals surface area contributed by atoms with Crippen LogP contribution in [0, 0.1) is 17.0 Å². The molecule has 0 aliphatic carbocycles. The maximum Gasteiger partial charge on any atom is 0.420 e. The molecule has 0 fully saturated rings. The molecule has 0 N–H and O–H groups in total. The number of carbonyl (C=O) groups excluding carboxylic acids is 1. The van der Waals surface area contributed by atoms with Gasteiger partial charge in [-0.2, -0.15) is 13.2 Å². The van der Waals surface area contributed by atoms with Crippen LogP contribution in [0.3, 0.4) is 0 Å². The molecule has 2 rings (SSSR count). The Balaban J connectivity index is 2.21. The Hall–Kier alpha value is -2.90. The summed E-state index contributed by atoms with van der Waals surface area (Å²) < 4.78 is 43.9. The number of nitro groups is 1. The van der Waals surface area contributed by atoms with Crippen LogP contribution in [0.15, 0.2) is 42.5 Å². The van der Waals surface area contributed by atoms with E-state index < -0.39 is 40.5 Å². The highest BCUT2D eigenvalue weighted by molar-refractivity contribution is 5.97. The molecule has 0 spiro atoms. The van der Waals surface area contributed by atoms with E-state index in [1.54, 1.807) is 24.3 Å². The second-order valence-electron chi connectivity index (χ2n) is 5.01. The number of nitro benzene ring substituents is 1. The molecule has 5 nitrogen and oxygen atoms in total. The van der Waals surface area contributed by atoms with Crippen molar-refractivity contribution in [2.24, 2.45) is 0 Å². The first-order valence-electron chi connectivity index (χ1n) is 6.77. The molecule has 0 aliphatic heterocycles. The van der Waals surface area contributed by atoms with Gasteiger partial charge in [-0.1, -0.05) is 29.8 Å². The number of halogens is 3. The molecule has 0 saturated heterocycles. The number of Topliss-reactive ketones (excluding diaryl/α,β-unsaturated/α-hetero) is 1. The topological polar surface area (TPSA) is 69.4 Å².